The molecule has 0 radical (unpaired) electrons. The van der Waals surface area contributed by atoms with Crippen LogP contribution in [0.15, 0.2) is 77.7 Å². The molecule has 0 unspecified atom stereocenters. The first-order valence-electron chi connectivity index (χ1n) is 11.8. The fourth-order valence-corrected chi connectivity index (χ4v) is 4.44. The molecule has 2 atom stereocenters. The van der Waals surface area contributed by atoms with Crippen molar-refractivity contribution in [2.45, 2.75) is 36.9 Å². The highest BCUT2D eigenvalue weighted by Gasteiger charge is 2.23. The van der Waals surface area contributed by atoms with Crippen molar-refractivity contribution in [2.24, 2.45) is 0 Å². The number of carbonyl (C=O) groups excluding carboxylic acids is 1. The van der Waals surface area contributed by atoms with Crippen LogP contribution < -0.4 is 10.6 Å². The van der Waals surface area contributed by atoms with E-state index in [1.165, 1.54) is 24.3 Å². The maximum absolute atomic E-state index is 13.3. The Morgan fingerprint density at radius 1 is 1.03 bits per heavy atom. The lowest BCUT2D eigenvalue weighted by molar-refractivity contribution is -0.122. The van der Waals surface area contributed by atoms with Crippen LogP contribution in [0.5, 0.6) is 0 Å². The summed E-state index contributed by atoms with van der Waals surface area (Å²) in [5, 5.41) is 24.5. The van der Waals surface area contributed by atoms with Crippen LogP contribution in [-0.4, -0.2) is 50.3 Å². The number of hydrogen-bond donors (Lipinski definition) is 3. The summed E-state index contributed by atoms with van der Waals surface area (Å²) in [5.74, 6) is -1.51. The quantitative estimate of drug-likeness (QED) is 0.320. The number of sulfone groups is 1. The van der Waals surface area contributed by atoms with E-state index >= 15 is 0 Å². The van der Waals surface area contributed by atoms with Gasteiger partial charge in [0.05, 0.1) is 29.7 Å². The van der Waals surface area contributed by atoms with Crippen LogP contribution in [0.4, 0.5) is 5.69 Å². The Hall–Kier alpha value is -4.20. The number of anilines is 1. The molecule has 3 aromatic carbocycles. The largest absolute Gasteiger partial charge is 0.478 e. The van der Waals surface area contributed by atoms with Gasteiger partial charge >= 0.3 is 5.97 Å². The summed E-state index contributed by atoms with van der Waals surface area (Å²) < 4.78 is 29.5. The van der Waals surface area contributed by atoms with Gasteiger partial charge in [0.25, 0.3) is 0 Å². The summed E-state index contributed by atoms with van der Waals surface area (Å²) in [4.78, 5) is 24.5. The Morgan fingerprint density at radius 3 is 2.42 bits per heavy atom. The first-order chi connectivity index (χ1) is 18.0. The number of aromatic carboxylic acids is 1. The predicted molar refractivity (Wildman–Crippen MR) is 142 cm³/mol. The zero-order valence-electron chi connectivity index (χ0n) is 21.0. The maximum atomic E-state index is 13.3. The number of benzene rings is 3. The number of nitriles is 1. The topological polar surface area (TPSA) is 146 Å². The third-order valence-electron chi connectivity index (χ3n) is 5.64. The van der Waals surface area contributed by atoms with E-state index in [2.05, 4.69) is 10.6 Å². The molecule has 0 bridgehead atoms. The van der Waals surface area contributed by atoms with E-state index < -0.39 is 33.8 Å². The van der Waals surface area contributed by atoms with Crippen LogP contribution in [-0.2, 0) is 32.4 Å². The third kappa shape index (κ3) is 8.44. The highest BCUT2D eigenvalue weighted by molar-refractivity contribution is 7.90. The molecule has 198 valence electrons. The van der Waals surface area contributed by atoms with E-state index in [1.54, 1.807) is 24.3 Å². The number of carboxylic acid groups (broad SMARTS) is 1. The number of amides is 1. The van der Waals surface area contributed by atoms with Gasteiger partial charge in [0.2, 0.25) is 5.91 Å². The Morgan fingerprint density at radius 2 is 1.74 bits per heavy atom. The molecule has 10 heteroatoms. The average Bonchev–Trinajstić information content (AvgIpc) is 2.87. The lowest BCUT2D eigenvalue weighted by atomic mass is 10.0. The van der Waals surface area contributed by atoms with Crippen molar-refractivity contribution in [3.8, 4) is 6.07 Å². The predicted octanol–water partition coefficient (Wildman–Crippen LogP) is 3.35. The third-order valence-corrected chi connectivity index (χ3v) is 6.75. The molecule has 3 rings (SSSR count). The molecule has 0 saturated carbocycles. The summed E-state index contributed by atoms with van der Waals surface area (Å²) in [7, 11) is -3.44. The van der Waals surface area contributed by atoms with Crippen LogP contribution in [0, 0.1) is 18.3 Å². The number of hydrogen-bond acceptors (Lipinski definition) is 7. The molecule has 0 aliphatic heterocycles. The van der Waals surface area contributed by atoms with E-state index in [0.29, 0.717) is 11.3 Å². The second kappa shape index (κ2) is 12.9. The zero-order chi connectivity index (χ0) is 27.7. The molecule has 0 aliphatic rings. The number of carbonyl (C=O) groups is 2. The molecule has 9 nitrogen and oxygen atoms in total. The Balaban J connectivity index is 1.71. The maximum Gasteiger partial charge on any atom is 0.335 e. The lowest BCUT2D eigenvalue weighted by Crippen LogP contribution is -2.46. The van der Waals surface area contributed by atoms with Crippen molar-refractivity contribution in [1.82, 2.24) is 5.32 Å². The number of nitrogens with one attached hydrogen (secondary N) is 2. The second-order valence-corrected chi connectivity index (χ2v) is 10.9. The van der Waals surface area contributed by atoms with E-state index in [9.17, 15) is 23.3 Å². The van der Waals surface area contributed by atoms with Gasteiger partial charge in [0.1, 0.15) is 12.1 Å². The van der Waals surface area contributed by atoms with Crippen molar-refractivity contribution in [3.05, 3.63) is 95.1 Å². The first kappa shape index (κ1) is 28.4. The van der Waals surface area contributed by atoms with E-state index in [-0.39, 0.29) is 30.1 Å². The minimum atomic E-state index is -3.44. The molecular weight excluding hydrogens is 506 g/mol. The summed E-state index contributed by atoms with van der Waals surface area (Å²) in [6, 6.07) is 20.4. The summed E-state index contributed by atoms with van der Waals surface area (Å²) in [6.07, 6.45) is 1.40. The molecule has 3 aromatic rings. The van der Waals surface area contributed by atoms with Gasteiger partial charge in [-0.15, -0.1) is 0 Å². The zero-order valence-corrected chi connectivity index (χ0v) is 21.9. The van der Waals surface area contributed by atoms with E-state index in [0.717, 1.165) is 17.4 Å². The van der Waals surface area contributed by atoms with Crippen molar-refractivity contribution < 1.29 is 27.9 Å². The molecule has 0 saturated heterocycles. The van der Waals surface area contributed by atoms with Crippen LogP contribution >= 0.6 is 0 Å². The summed E-state index contributed by atoms with van der Waals surface area (Å²) >= 11 is 0. The van der Waals surface area contributed by atoms with Gasteiger partial charge in [0, 0.05) is 18.4 Å². The minimum Gasteiger partial charge on any atom is -0.478 e. The van der Waals surface area contributed by atoms with Crippen molar-refractivity contribution >= 4 is 27.4 Å². The highest BCUT2D eigenvalue weighted by Crippen LogP contribution is 2.18. The van der Waals surface area contributed by atoms with Gasteiger partial charge in [-0.1, -0.05) is 48.0 Å². The van der Waals surface area contributed by atoms with Crippen LogP contribution in [0.3, 0.4) is 0 Å². The summed E-state index contributed by atoms with van der Waals surface area (Å²) in [5.41, 5.74) is 3.11. The first-order valence-corrected chi connectivity index (χ1v) is 13.7. The molecule has 0 fully saturated rings. The van der Waals surface area contributed by atoms with E-state index in [1.807, 2.05) is 37.3 Å². The number of nitrogens with zero attached hydrogens (tertiary/aromatic N) is 1. The minimum absolute atomic E-state index is 0.0679. The Bertz CT molecular complexity index is 1450. The van der Waals surface area contributed by atoms with Gasteiger partial charge in [-0.25, -0.2) is 13.2 Å². The molecule has 0 spiro atoms. The second-order valence-electron chi connectivity index (χ2n) is 8.90. The molecular formula is C28H29N3O6S. The number of aryl methyl sites for hydroxylation is 1. The molecule has 0 heterocycles. The van der Waals surface area contributed by atoms with Gasteiger partial charge in [-0.3, -0.25) is 4.79 Å². The Labute approximate surface area is 222 Å². The molecule has 3 N–H and O–H groups in total. The van der Waals surface area contributed by atoms with Gasteiger partial charge in [-0.2, -0.15) is 5.26 Å². The van der Waals surface area contributed by atoms with Gasteiger partial charge in [0.15, 0.2) is 9.84 Å². The average molecular weight is 536 g/mol. The highest BCUT2D eigenvalue weighted by atomic mass is 32.2. The van der Waals surface area contributed by atoms with Gasteiger partial charge < -0.3 is 20.5 Å². The number of carboxylic acids is 1. The van der Waals surface area contributed by atoms with Gasteiger partial charge in [-0.05, 0) is 48.4 Å². The lowest BCUT2D eigenvalue weighted by Gasteiger charge is -2.22. The SMILES string of the molecule is Cc1cccc(C[C@H](Nc2cccc(S(C)(=O)=O)c2)C(=O)N[C@H](C#N)COCc2cccc(C(=O)O)c2)c1. The monoisotopic (exact) mass is 535 g/mol. The fourth-order valence-electron chi connectivity index (χ4n) is 3.77. The Kier molecular flexibility index (Phi) is 9.60. The number of ether oxygens (including phenoxy) is 1. The molecule has 0 aromatic heterocycles. The van der Waals surface area contributed by atoms with Crippen molar-refractivity contribution in [1.29, 1.82) is 5.26 Å². The van der Waals surface area contributed by atoms with E-state index in [4.69, 9.17) is 9.84 Å². The van der Waals surface area contributed by atoms with Crippen LogP contribution in [0.25, 0.3) is 0 Å². The molecule has 38 heavy (non-hydrogen) atoms. The standard InChI is InChI=1S/C28H29N3O6S/c1-19-6-3-7-20(12-19)14-26(30-23-10-5-11-25(15-23)38(2,35)36)27(32)31-24(16-29)18-37-17-21-8-4-9-22(13-21)28(33)34/h3-13,15,24,26,30H,14,17-18H2,1-2H3,(H,31,32)(H,33,34)/t24-,26+/m1/s1. The smallest absolute Gasteiger partial charge is 0.335 e. The van der Waals surface area contributed by atoms with Crippen LogP contribution in [0.1, 0.15) is 27.0 Å². The molecule has 1 amide bonds. The van der Waals surface area contributed by atoms with Crippen LogP contribution in [0.2, 0.25) is 0 Å². The number of rotatable bonds is 12. The normalized spacial score (nSPS) is 12.7. The van der Waals surface area contributed by atoms with Crippen molar-refractivity contribution in [3.63, 3.8) is 0 Å². The molecule has 0 aliphatic carbocycles. The summed E-state index contributed by atoms with van der Waals surface area (Å²) in [6.45, 7) is 1.90. The fraction of sp³-hybridized carbons (Fsp3) is 0.250. The van der Waals surface area contributed by atoms with Crippen molar-refractivity contribution in [2.75, 3.05) is 18.2 Å².